The summed E-state index contributed by atoms with van der Waals surface area (Å²) in [7, 11) is 0. The van der Waals surface area contributed by atoms with Crippen LogP contribution in [0.2, 0.25) is 0 Å². The van der Waals surface area contributed by atoms with Crippen LogP contribution in [-0.2, 0) is 4.74 Å². The van der Waals surface area contributed by atoms with E-state index in [-0.39, 0.29) is 5.97 Å². The van der Waals surface area contributed by atoms with Gasteiger partial charge in [0, 0.05) is 0 Å². The average molecular weight is 189 g/mol. The number of rotatable bonds is 2. The van der Waals surface area contributed by atoms with E-state index in [9.17, 15) is 4.79 Å². The van der Waals surface area contributed by atoms with E-state index in [4.69, 9.17) is 10.00 Å². The van der Waals surface area contributed by atoms with Crippen LogP contribution in [0.5, 0.6) is 0 Å². The number of benzene rings is 1. The molecule has 0 fully saturated rings. The molecule has 0 amide bonds. The second kappa shape index (κ2) is 4.43. The standard InChI is InChI=1S/C11H11NO2/c1-3-14-11(13)10-6-9(7-12)5-4-8(10)2/h4-6H,3H2,1-2H3. The van der Waals surface area contributed by atoms with E-state index in [1.807, 2.05) is 13.0 Å². The van der Waals surface area contributed by atoms with Gasteiger partial charge in [-0.05, 0) is 31.5 Å². The normalized spacial score (nSPS) is 9.21. The molecule has 72 valence electrons. The number of nitrogens with zero attached hydrogens (tertiary/aromatic N) is 1. The van der Waals surface area contributed by atoms with Gasteiger partial charge >= 0.3 is 5.97 Å². The van der Waals surface area contributed by atoms with Gasteiger partial charge in [0.2, 0.25) is 0 Å². The highest BCUT2D eigenvalue weighted by molar-refractivity contribution is 5.91. The van der Waals surface area contributed by atoms with Gasteiger partial charge < -0.3 is 4.74 Å². The summed E-state index contributed by atoms with van der Waals surface area (Å²) in [6.45, 7) is 3.91. The Hall–Kier alpha value is -1.82. The Bertz CT molecular complexity index is 391. The number of ether oxygens (including phenoxy) is 1. The molecule has 0 saturated heterocycles. The van der Waals surface area contributed by atoms with Gasteiger partial charge in [0.05, 0.1) is 23.8 Å². The Labute approximate surface area is 82.9 Å². The summed E-state index contributed by atoms with van der Waals surface area (Å²) in [6, 6.07) is 6.95. The van der Waals surface area contributed by atoms with Crippen molar-refractivity contribution in [1.82, 2.24) is 0 Å². The topological polar surface area (TPSA) is 50.1 Å². The molecule has 0 bridgehead atoms. The number of hydrogen-bond donors (Lipinski definition) is 0. The Kier molecular flexibility index (Phi) is 3.24. The van der Waals surface area contributed by atoms with E-state index in [1.165, 1.54) is 0 Å². The Morgan fingerprint density at radius 1 is 1.57 bits per heavy atom. The lowest BCUT2D eigenvalue weighted by atomic mass is 10.1. The van der Waals surface area contributed by atoms with E-state index < -0.39 is 0 Å². The zero-order chi connectivity index (χ0) is 10.6. The van der Waals surface area contributed by atoms with E-state index >= 15 is 0 Å². The molecule has 1 aromatic carbocycles. The van der Waals surface area contributed by atoms with Gasteiger partial charge in [-0.25, -0.2) is 4.79 Å². The first kappa shape index (κ1) is 10.3. The highest BCUT2D eigenvalue weighted by Crippen LogP contribution is 2.11. The van der Waals surface area contributed by atoms with E-state index in [0.29, 0.717) is 17.7 Å². The van der Waals surface area contributed by atoms with Crippen LogP contribution in [-0.4, -0.2) is 12.6 Å². The van der Waals surface area contributed by atoms with Crippen LogP contribution < -0.4 is 0 Å². The second-order valence-electron chi connectivity index (χ2n) is 2.86. The van der Waals surface area contributed by atoms with Crippen molar-refractivity contribution in [3.63, 3.8) is 0 Å². The van der Waals surface area contributed by atoms with Gasteiger partial charge in [0.15, 0.2) is 0 Å². The maximum Gasteiger partial charge on any atom is 0.338 e. The van der Waals surface area contributed by atoms with Crippen molar-refractivity contribution in [1.29, 1.82) is 5.26 Å². The van der Waals surface area contributed by atoms with Crippen molar-refractivity contribution in [3.8, 4) is 6.07 Å². The molecule has 0 N–H and O–H groups in total. The maximum atomic E-state index is 11.4. The molecular formula is C11H11NO2. The summed E-state index contributed by atoms with van der Waals surface area (Å²) in [5.41, 5.74) is 1.76. The summed E-state index contributed by atoms with van der Waals surface area (Å²) >= 11 is 0. The molecule has 1 aromatic rings. The molecule has 0 aliphatic heterocycles. The summed E-state index contributed by atoms with van der Waals surface area (Å²) in [6.07, 6.45) is 0. The van der Waals surface area contributed by atoms with E-state index in [0.717, 1.165) is 5.56 Å². The minimum Gasteiger partial charge on any atom is -0.462 e. The van der Waals surface area contributed by atoms with Gasteiger partial charge in [-0.3, -0.25) is 0 Å². The summed E-state index contributed by atoms with van der Waals surface area (Å²) in [5.74, 6) is -0.373. The number of aryl methyl sites for hydroxylation is 1. The molecule has 0 aromatic heterocycles. The van der Waals surface area contributed by atoms with Crippen LogP contribution in [0.15, 0.2) is 18.2 Å². The van der Waals surface area contributed by atoms with Crippen molar-refractivity contribution in [2.45, 2.75) is 13.8 Å². The molecule has 0 aliphatic rings. The van der Waals surface area contributed by atoms with Crippen LogP contribution in [0, 0.1) is 18.3 Å². The van der Waals surface area contributed by atoms with Crippen LogP contribution in [0.1, 0.15) is 28.4 Å². The second-order valence-corrected chi connectivity index (χ2v) is 2.86. The van der Waals surface area contributed by atoms with Gasteiger partial charge in [-0.2, -0.15) is 5.26 Å². The van der Waals surface area contributed by atoms with Crippen molar-refractivity contribution >= 4 is 5.97 Å². The minimum absolute atomic E-state index is 0.342. The lowest BCUT2D eigenvalue weighted by Crippen LogP contribution is -2.06. The molecule has 0 saturated carbocycles. The zero-order valence-corrected chi connectivity index (χ0v) is 8.20. The van der Waals surface area contributed by atoms with Crippen molar-refractivity contribution in [2.75, 3.05) is 6.61 Å². The van der Waals surface area contributed by atoms with Crippen molar-refractivity contribution in [3.05, 3.63) is 34.9 Å². The van der Waals surface area contributed by atoms with Crippen LogP contribution in [0.3, 0.4) is 0 Å². The van der Waals surface area contributed by atoms with Crippen LogP contribution in [0.4, 0.5) is 0 Å². The summed E-state index contributed by atoms with van der Waals surface area (Å²) < 4.78 is 4.86. The average Bonchev–Trinajstić information content (AvgIpc) is 2.19. The first-order valence-electron chi connectivity index (χ1n) is 4.37. The number of carbonyl (C=O) groups is 1. The smallest absolute Gasteiger partial charge is 0.338 e. The molecule has 0 radical (unpaired) electrons. The summed E-state index contributed by atoms with van der Waals surface area (Å²) in [4.78, 5) is 11.4. The van der Waals surface area contributed by atoms with E-state index in [2.05, 4.69) is 0 Å². The molecule has 0 aliphatic carbocycles. The van der Waals surface area contributed by atoms with E-state index in [1.54, 1.807) is 25.1 Å². The highest BCUT2D eigenvalue weighted by Gasteiger charge is 2.10. The van der Waals surface area contributed by atoms with Crippen LogP contribution in [0.25, 0.3) is 0 Å². The zero-order valence-electron chi connectivity index (χ0n) is 8.20. The third-order valence-electron chi connectivity index (χ3n) is 1.86. The lowest BCUT2D eigenvalue weighted by molar-refractivity contribution is 0.0525. The predicted octanol–water partition coefficient (Wildman–Crippen LogP) is 2.04. The fraction of sp³-hybridized carbons (Fsp3) is 0.273. The van der Waals surface area contributed by atoms with Gasteiger partial charge in [-0.15, -0.1) is 0 Å². The molecule has 0 atom stereocenters. The molecule has 0 unspecified atom stereocenters. The third kappa shape index (κ3) is 2.11. The quantitative estimate of drug-likeness (QED) is 0.669. The maximum absolute atomic E-state index is 11.4. The molecule has 3 nitrogen and oxygen atoms in total. The van der Waals surface area contributed by atoms with Gasteiger partial charge in [-0.1, -0.05) is 6.07 Å². The van der Waals surface area contributed by atoms with Crippen molar-refractivity contribution < 1.29 is 9.53 Å². The SMILES string of the molecule is CCOC(=O)c1cc(C#N)ccc1C. The number of carbonyl (C=O) groups excluding carboxylic acids is 1. The van der Waals surface area contributed by atoms with Gasteiger partial charge in [0.1, 0.15) is 0 Å². The predicted molar refractivity (Wildman–Crippen MR) is 51.9 cm³/mol. The molecule has 1 rings (SSSR count). The van der Waals surface area contributed by atoms with Gasteiger partial charge in [0.25, 0.3) is 0 Å². The third-order valence-corrected chi connectivity index (χ3v) is 1.86. The first-order chi connectivity index (χ1) is 6.69. The lowest BCUT2D eigenvalue weighted by Gasteiger charge is -2.04. The Morgan fingerprint density at radius 2 is 2.29 bits per heavy atom. The van der Waals surface area contributed by atoms with Crippen molar-refractivity contribution in [2.24, 2.45) is 0 Å². The first-order valence-corrected chi connectivity index (χ1v) is 4.37. The number of nitriles is 1. The number of hydrogen-bond acceptors (Lipinski definition) is 3. The van der Waals surface area contributed by atoms with Crippen LogP contribution >= 0.6 is 0 Å². The minimum atomic E-state index is -0.373. The Morgan fingerprint density at radius 3 is 2.86 bits per heavy atom. The fourth-order valence-electron chi connectivity index (χ4n) is 1.12. The fourth-order valence-corrected chi connectivity index (χ4v) is 1.12. The molecule has 0 spiro atoms. The molecular weight excluding hydrogens is 178 g/mol. The largest absolute Gasteiger partial charge is 0.462 e. The summed E-state index contributed by atoms with van der Waals surface area (Å²) in [5, 5.41) is 8.66. The Balaban J connectivity index is 3.07. The molecule has 14 heavy (non-hydrogen) atoms. The molecule has 0 heterocycles. The monoisotopic (exact) mass is 189 g/mol. The highest BCUT2D eigenvalue weighted by atomic mass is 16.5. The number of esters is 1. The molecule has 3 heteroatoms.